The Morgan fingerprint density at radius 2 is 2.13 bits per heavy atom. The molecule has 0 radical (unpaired) electrons. The lowest BCUT2D eigenvalue weighted by atomic mass is 10.4. The SMILES string of the molecule is CCN1CCCN(c2cnccn2)CC1. The molecule has 0 spiro atoms. The van der Waals surface area contributed by atoms with Gasteiger partial charge in [-0.25, -0.2) is 4.98 Å². The zero-order valence-electron chi connectivity index (χ0n) is 9.26. The summed E-state index contributed by atoms with van der Waals surface area (Å²) in [6.07, 6.45) is 6.55. The second-order valence-corrected chi connectivity index (χ2v) is 3.84. The van der Waals surface area contributed by atoms with E-state index in [0.717, 1.165) is 32.0 Å². The van der Waals surface area contributed by atoms with Crippen molar-refractivity contribution >= 4 is 5.82 Å². The Hall–Kier alpha value is -1.16. The van der Waals surface area contributed by atoms with Gasteiger partial charge in [0.15, 0.2) is 0 Å². The van der Waals surface area contributed by atoms with Gasteiger partial charge in [0.05, 0.1) is 6.20 Å². The van der Waals surface area contributed by atoms with Crippen molar-refractivity contribution in [3.05, 3.63) is 18.6 Å². The molecule has 0 amide bonds. The third kappa shape index (κ3) is 2.65. The first-order valence-corrected chi connectivity index (χ1v) is 5.63. The fourth-order valence-electron chi connectivity index (χ4n) is 1.97. The molecule has 1 aliphatic rings. The molecule has 1 fully saturated rings. The van der Waals surface area contributed by atoms with Crippen LogP contribution in [0, 0.1) is 0 Å². The monoisotopic (exact) mass is 206 g/mol. The van der Waals surface area contributed by atoms with E-state index < -0.39 is 0 Å². The number of likely N-dealkylation sites (N-methyl/N-ethyl adjacent to an activating group) is 1. The van der Waals surface area contributed by atoms with Gasteiger partial charge < -0.3 is 9.80 Å². The van der Waals surface area contributed by atoms with Crippen LogP contribution < -0.4 is 4.90 Å². The molecular weight excluding hydrogens is 188 g/mol. The first-order chi connectivity index (χ1) is 7.40. The van der Waals surface area contributed by atoms with Gasteiger partial charge in [-0.3, -0.25) is 4.98 Å². The molecule has 0 bridgehead atoms. The topological polar surface area (TPSA) is 32.3 Å². The van der Waals surface area contributed by atoms with E-state index in [1.165, 1.54) is 13.0 Å². The predicted molar refractivity (Wildman–Crippen MR) is 61.0 cm³/mol. The Kier molecular flexibility index (Phi) is 3.50. The summed E-state index contributed by atoms with van der Waals surface area (Å²) in [6.45, 7) is 7.86. The highest BCUT2D eigenvalue weighted by molar-refractivity contribution is 5.35. The van der Waals surface area contributed by atoms with Crippen molar-refractivity contribution in [3.8, 4) is 0 Å². The van der Waals surface area contributed by atoms with E-state index in [2.05, 4.69) is 26.7 Å². The minimum Gasteiger partial charge on any atom is -0.354 e. The molecule has 82 valence electrons. The second kappa shape index (κ2) is 5.07. The molecule has 15 heavy (non-hydrogen) atoms. The number of hydrogen-bond acceptors (Lipinski definition) is 4. The molecule has 0 N–H and O–H groups in total. The number of aromatic nitrogens is 2. The largest absolute Gasteiger partial charge is 0.354 e. The highest BCUT2D eigenvalue weighted by atomic mass is 15.2. The lowest BCUT2D eigenvalue weighted by Crippen LogP contribution is -2.31. The normalized spacial score (nSPS) is 18.9. The van der Waals surface area contributed by atoms with Crippen LogP contribution in [0.4, 0.5) is 5.82 Å². The summed E-state index contributed by atoms with van der Waals surface area (Å²) in [6, 6.07) is 0. The summed E-state index contributed by atoms with van der Waals surface area (Å²) >= 11 is 0. The third-order valence-electron chi connectivity index (χ3n) is 2.91. The molecule has 1 aromatic rings. The smallest absolute Gasteiger partial charge is 0.147 e. The molecular formula is C11H18N4. The number of nitrogens with zero attached hydrogens (tertiary/aromatic N) is 4. The minimum atomic E-state index is 1.01. The first-order valence-electron chi connectivity index (χ1n) is 5.63. The van der Waals surface area contributed by atoms with E-state index in [1.807, 2.05) is 6.20 Å². The Morgan fingerprint density at radius 1 is 1.20 bits per heavy atom. The summed E-state index contributed by atoms with van der Waals surface area (Å²) in [5, 5.41) is 0. The van der Waals surface area contributed by atoms with Crippen molar-refractivity contribution in [1.29, 1.82) is 0 Å². The van der Waals surface area contributed by atoms with Gasteiger partial charge >= 0.3 is 0 Å². The second-order valence-electron chi connectivity index (χ2n) is 3.84. The molecule has 4 nitrogen and oxygen atoms in total. The molecule has 0 aromatic carbocycles. The number of anilines is 1. The molecule has 4 heteroatoms. The quantitative estimate of drug-likeness (QED) is 0.723. The minimum absolute atomic E-state index is 1.01. The molecule has 0 aliphatic carbocycles. The highest BCUT2D eigenvalue weighted by Gasteiger charge is 2.14. The van der Waals surface area contributed by atoms with Crippen molar-refractivity contribution in [3.63, 3.8) is 0 Å². The van der Waals surface area contributed by atoms with Crippen LogP contribution in [0.1, 0.15) is 13.3 Å². The molecule has 0 unspecified atom stereocenters. The summed E-state index contributed by atoms with van der Waals surface area (Å²) in [5.74, 6) is 1.01. The Labute approximate surface area is 90.9 Å². The Bertz CT molecular complexity index is 288. The Balaban J connectivity index is 2.00. The molecule has 2 rings (SSSR count). The van der Waals surface area contributed by atoms with Crippen LogP contribution in [0.25, 0.3) is 0 Å². The zero-order chi connectivity index (χ0) is 10.5. The van der Waals surface area contributed by atoms with E-state index in [4.69, 9.17) is 0 Å². The van der Waals surface area contributed by atoms with Crippen LogP contribution in [-0.2, 0) is 0 Å². The fraction of sp³-hybridized carbons (Fsp3) is 0.636. The average molecular weight is 206 g/mol. The van der Waals surface area contributed by atoms with Crippen LogP contribution in [0.3, 0.4) is 0 Å². The van der Waals surface area contributed by atoms with Gasteiger partial charge in [0, 0.05) is 32.0 Å². The van der Waals surface area contributed by atoms with Gasteiger partial charge in [-0.1, -0.05) is 6.92 Å². The number of rotatable bonds is 2. The van der Waals surface area contributed by atoms with Crippen molar-refractivity contribution in [2.45, 2.75) is 13.3 Å². The zero-order valence-corrected chi connectivity index (χ0v) is 9.26. The maximum Gasteiger partial charge on any atom is 0.147 e. The van der Waals surface area contributed by atoms with E-state index in [1.54, 1.807) is 12.4 Å². The van der Waals surface area contributed by atoms with Crippen LogP contribution >= 0.6 is 0 Å². The van der Waals surface area contributed by atoms with Crippen LogP contribution in [0.5, 0.6) is 0 Å². The van der Waals surface area contributed by atoms with Gasteiger partial charge in [-0.15, -0.1) is 0 Å². The molecule has 1 aliphatic heterocycles. The van der Waals surface area contributed by atoms with Gasteiger partial charge in [-0.05, 0) is 19.5 Å². The average Bonchev–Trinajstić information content (AvgIpc) is 2.55. The highest BCUT2D eigenvalue weighted by Crippen LogP contribution is 2.11. The van der Waals surface area contributed by atoms with Crippen molar-refractivity contribution in [2.24, 2.45) is 0 Å². The van der Waals surface area contributed by atoms with Crippen LogP contribution in [0.15, 0.2) is 18.6 Å². The van der Waals surface area contributed by atoms with Gasteiger partial charge in [0.1, 0.15) is 5.82 Å². The van der Waals surface area contributed by atoms with Gasteiger partial charge in [0.25, 0.3) is 0 Å². The fourth-order valence-corrected chi connectivity index (χ4v) is 1.97. The van der Waals surface area contributed by atoms with E-state index in [9.17, 15) is 0 Å². The summed E-state index contributed by atoms with van der Waals surface area (Å²) in [4.78, 5) is 13.3. The van der Waals surface area contributed by atoms with Crippen molar-refractivity contribution < 1.29 is 0 Å². The van der Waals surface area contributed by atoms with Crippen LogP contribution in [0.2, 0.25) is 0 Å². The molecule has 0 saturated carbocycles. The van der Waals surface area contributed by atoms with E-state index in [0.29, 0.717) is 0 Å². The summed E-state index contributed by atoms with van der Waals surface area (Å²) < 4.78 is 0. The van der Waals surface area contributed by atoms with Gasteiger partial charge in [-0.2, -0.15) is 0 Å². The molecule has 1 aromatic heterocycles. The third-order valence-corrected chi connectivity index (χ3v) is 2.91. The van der Waals surface area contributed by atoms with Gasteiger partial charge in [0.2, 0.25) is 0 Å². The van der Waals surface area contributed by atoms with Crippen molar-refractivity contribution in [2.75, 3.05) is 37.6 Å². The predicted octanol–water partition coefficient (Wildman–Crippen LogP) is 1.01. The Morgan fingerprint density at radius 3 is 2.87 bits per heavy atom. The maximum atomic E-state index is 4.34. The van der Waals surface area contributed by atoms with Crippen molar-refractivity contribution in [1.82, 2.24) is 14.9 Å². The van der Waals surface area contributed by atoms with E-state index in [-0.39, 0.29) is 0 Å². The molecule has 2 heterocycles. The number of hydrogen-bond donors (Lipinski definition) is 0. The molecule has 0 atom stereocenters. The molecule has 1 saturated heterocycles. The summed E-state index contributed by atoms with van der Waals surface area (Å²) in [5.41, 5.74) is 0. The summed E-state index contributed by atoms with van der Waals surface area (Å²) in [7, 11) is 0. The lowest BCUT2D eigenvalue weighted by molar-refractivity contribution is 0.310. The first kappa shape index (κ1) is 10.4. The lowest BCUT2D eigenvalue weighted by Gasteiger charge is -2.21. The van der Waals surface area contributed by atoms with Crippen LogP contribution in [-0.4, -0.2) is 47.6 Å². The van der Waals surface area contributed by atoms with E-state index >= 15 is 0 Å². The maximum absolute atomic E-state index is 4.34. The standard InChI is InChI=1S/C11H18N4/c1-2-14-6-3-7-15(9-8-14)11-10-12-4-5-13-11/h4-5,10H,2-3,6-9H2,1H3.